The molecule has 0 aromatic carbocycles. The third kappa shape index (κ3) is 3.26. The first kappa shape index (κ1) is 12.5. The van der Waals surface area contributed by atoms with Crippen LogP contribution in [-0.4, -0.2) is 36.6 Å². The highest BCUT2D eigenvalue weighted by molar-refractivity contribution is 7.91. The third-order valence-electron chi connectivity index (χ3n) is 2.99. The molecule has 6 nitrogen and oxygen atoms in total. The maximum Gasteiger partial charge on any atom is 0.229 e. The fourth-order valence-corrected chi connectivity index (χ4v) is 3.42. The average Bonchev–Trinajstić information content (AvgIpc) is 2.75. The highest BCUT2D eigenvalue weighted by Crippen LogP contribution is 2.27. The van der Waals surface area contributed by atoms with Crippen molar-refractivity contribution in [3.05, 3.63) is 11.7 Å². The van der Waals surface area contributed by atoms with Gasteiger partial charge in [0, 0.05) is 12.3 Å². The summed E-state index contributed by atoms with van der Waals surface area (Å²) in [5.74, 6) is 1.78. The van der Waals surface area contributed by atoms with E-state index in [0.717, 1.165) is 6.42 Å². The van der Waals surface area contributed by atoms with Gasteiger partial charge >= 0.3 is 0 Å². The minimum absolute atomic E-state index is 0.0950. The molecule has 0 saturated carbocycles. The van der Waals surface area contributed by atoms with Crippen LogP contribution < -0.4 is 5.73 Å². The second-order valence-corrected chi connectivity index (χ2v) is 6.67. The maximum atomic E-state index is 11.3. The smallest absolute Gasteiger partial charge is 0.229 e. The van der Waals surface area contributed by atoms with Crippen molar-refractivity contribution in [1.29, 1.82) is 0 Å². The minimum atomic E-state index is -2.84. The fraction of sp³-hybridized carbons (Fsp3) is 0.800. The van der Waals surface area contributed by atoms with Gasteiger partial charge in [0.05, 0.1) is 11.5 Å². The molecule has 2 N–H and O–H groups in total. The summed E-state index contributed by atoms with van der Waals surface area (Å²) in [5, 5.41) is 3.87. The summed E-state index contributed by atoms with van der Waals surface area (Å²) in [6, 6.07) is 0. The number of nitrogens with two attached hydrogens (primary N) is 1. The van der Waals surface area contributed by atoms with E-state index in [0.29, 0.717) is 37.5 Å². The Kier molecular flexibility index (Phi) is 3.78. The van der Waals surface area contributed by atoms with Crippen molar-refractivity contribution >= 4 is 9.84 Å². The van der Waals surface area contributed by atoms with Crippen LogP contribution in [0.4, 0.5) is 0 Å². The minimum Gasteiger partial charge on any atom is -0.339 e. The van der Waals surface area contributed by atoms with Crippen LogP contribution in [0.25, 0.3) is 0 Å². The van der Waals surface area contributed by atoms with Gasteiger partial charge in [0.25, 0.3) is 0 Å². The summed E-state index contributed by atoms with van der Waals surface area (Å²) < 4.78 is 27.8. The molecular formula is C10H17N3O3S. The van der Waals surface area contributed by atoms with Gasteiger partial charge in [0.15, 0.2) is 5.82 Å². The van der Waals surface area contributed by atoms with Gasteiger partial charge in [-0.05, 0) is 25.8 Å². The lowest BCUT2D eigenvalue weighted by Crippen LogP contribution is -2.22. The molecule has 0 unspecified atom stereocenters. The van der Waals surface area contributed by atoms with Crippen molar-refractivity contribution in [2.75, 3.05) is 18.1 Å². The molecule has 96 valence electrons. The van der Waals surface area contributed by atoms with Crippen LogP contribution in [0.3, 0.4) is 0 Å². The number of hydrogen-bond acceptors (Lipinski definition) is 6. The predicted octanol–water partition coefficient (Wildman–Crippen LogP) is 0.253. The van der Waals surface area contributed by atoms with Crippen molar-refractivity contribution in [3.8, 4) is 0 Å². The molecule has 1 aromatic rings. The molecule has 0 spiro atoms. The Morgan fingerprint density at radius 1 is 1.35 bits per heavy atom. The first-order chi connectivity index (χ1) is 8.11. The van der Waals surface area contributed by atoms with Crippen LogP contribution in [-0.2, 0) is 16.3 Å². The second-order valence-electron chi connectivity index (χ2n) is 4.37. The molecular weight excluding hydrogens is 242 g/mol. The van der Waals surface area contributed by atoms with E-state index in [4.69, 9.17) is 10.3 Å². The van der Waals surface area contributed by atoms with Gasteiger partial charge < -0.3 is 10.3 Å². The number of rotatable bonds is 4. The van der Waals surface area contributed by atoms with Crippen molar-refractivity contribution in [2.24, 2.45) is 5.73 Å². The molecule has 1 aliphatic rings. The molecule has 0 amide bonds. The number of nitrogens with zero attached hydrogens (tertiary/aromatic N) is 2. The van der Waals surface area contributed by atoms with Crippen LogP contribution >= 0.6 is 0 Å². The summed E-state index contributed by atoms with van der Waals surface area (Å²) in [6.45, 7) is 0.603. The SMILES string of the molecule is NCCCc1noc(C2CCS(=O)(=O)CC2)n1. The summed E-state index contributed by atoms with van der Waals surface area (Å²) in [7, 11) is -2.84. The molecule has 1 aliphatic heterocycles. The third-order valence-corrected chi connectivity index (χ3v) is 4.71. The van der Waals surface area contributed by atoms with Gasteiger partial charge in [-0.25, -0.2) is 8.42 Å². The zero-order chi connectivity index (χ0) is 12.3. The quantitative estimate of drug-likeness (QED) is 0.832. The molecule has 1 saturated heterocycles. The van der Waals surface area contributed by atoms with Gasteiger partial charge in [-0.15, -0.1) is 0 Å². The van der Waals surface area contributed by atoms with Gasteiger partial charge in [0.1, 0.15) is 9.84 Å². The zero-order valence-corrected chi connectivity index (χ0v) is 10.4. The van der Waals surface area contributed by atoms with Gasteiger partial charge in [-0.1, -0.05) is 5.16 Å². The Balaban J connectivity index is 1.96. The van der Waals surface area contributed by atoms with E-state index in [1.807, 2.05) is 0 Å². The van der Waals surface area contributed by atoms with E-state index < -0.39 is 9.84 Å². The Hall–Kier alpha value is -0.950. The van der Waals surface area contributed by atoms with E-state index in [-0.39, 0.29) is 17.4 Å². The molecule has 2 heterocycles. The number of aryl methyl sites for hydroxylation is 1. The number of sulfone groups is 1. The molecule has 1 fully saturated rings. The lowest BCUT2D eigenvalue weighted by atomic mass is 10.0. The summed E-state index contributed by atoms with van der Waals surface area (Å²) in [5.41, 5.74) is 5.40. The van der Waals surface area contributed by atoms with E-state index in [9.17, 15) is 8.42 Å². The zero-order valence-electron chi connectivity index (χ0n) is 9.63. The first-order valence-corrected chi connectivity index (χ1v) is 7.66. The second kappa shape index (κ2) is 5.14. The molecule has 0 bridgehead atoms. The van der Waals surface area contributed by atoms with Crippen molar-refractivity contribution in [2.45, 2.75) is 31.6 Å². The highest BCUT2D eigenvalue weighted by atomic mass is 32.2. The van der Waals surface area contributed by atoms with Crippen LogP contribution in [0.15, 0.2) is 4.52 Å². The summed E-state index contributed by atoms with van der Waals surface area (Å²) in [4.78, 5) is 4.29. The van der Waals surface area contributed by atoms with E-state index in [1.54, 1.807) is 0 Å². The van der Waals surface area contributed by atoms with Gasteiger partial charge in [-0.3, -0.25) is 0 Å². The van der Waals surface area contributed by atoms with Gasteiger partial charge in [0.2, 0.25) is 5.89 Å². The van der Waals surface area contributed by atoms with Crippen molar-refractivity contribution < 1.29 is 12.9 Å². The van der Waals surface area contributed by atoms with E-state index in [2.05, 4.69) is 10.1 Å². The van der Waals surface area contributed by atoms with Gasteiger partial charge in [-0.2, -0.15) is 4.98 Å². The lowest BCUT2D eigenvalue weighted by molar-refractivity contribution is 0.340. The van der Waals surface area contributed by atoms with Crippen molar-refractivity contribution in [3.63, 3.8) is 0 Å². The fourth-order valence-electron chi connectivity index (χ4n) is 1.93. The number of hydrogen-bond donors (Lipinski definition) is 1. The Morgan fingerprint density at radius 3 is 2.71 bits per heavy atom. The largest absolute Gasteiger partial charge is 0.339 e. The van der Waals surface area contributed by atoms with Crippen LogP contribution in [0.1, 0.15) is 36.9 Å². The van der Waals surface area contributed by atoms with Crippen molar-refractivity contribution in [1.82, 2.24) is 10.1 Å². The average molecular weight is 259 g/mol. The molecule has 1 aromatic heterocycles. The summed E-state index contributed by atoms with van der Waals surface area (Å²) in [6.07, 6.45) is 2.71. The Bertz CT molecular complexity index is 455. The maximum absolute atomic E-state index is 11.3. The van der Waals surface area contributed by atoms with E-state index >= 15 is 0 Å². The molecule has 17 heavy (non-hydrogen) atoms. The molecule has 0 atom stereocenters. The topological polar surface area (TPSA) is 99.1 Å². The monoisotopic (exact) mass is 259 g/mol. The van der Waals surface area contributed by atoms with Crippen LogP contribution in [0.5, 0.6) is 0 Å². The summed E-state index contributed by atoms with van der Waals surface area (Å²) >= 11 is 0. The first-order valence-electron chi connectivity index (χ1n) is 5.84. The molecule has 0 radical (unpaired) electrons. The number of aromatic nitrogens is 2. The normalized spacial score (nSPS) is 20.5. The highest BCUT2D eigenvalue weighted by Gasteiger charge is 2.28. The lowest BCUT2D eigenvalue weighted by Gasteiger charge is -2.17. The molecule has 2 rings (SSSR count). The molecule has 0 aliphatic carbocycles. The van der Waals surface area contributed by atoms with E-state index in [1.165, 1.54) is 0 Å². The van der Waals surface area contributed by atoms with Crippen LogP contribution in [0, 0.1) is 0 Å². The standard InChI is InChI=1S/C10H17N3O3S/c11-5-1-2-9-12-10(16-13-9)8-3-6-17(14,15)7-4-8/h8H,1-7,11H2. The predicted molar refractivity (Wildman–Crippen MR) is 62.3 cm³/mol. The Morgan fingerprint density at radius 2 is 2.06 bits per heavy atom. The Labute approximate surface area is 100 Å². The van der Waals surface area contributed by atoms with Crippen LogP contribution in [0.2, 0.25) is 0 Å². The molecule has 7 heteroatoms.